The first-order chi connectivity index (χ1) is 8.75. The van der Waals surface area contributed by atoms with Crippen LogP contribution in [0.5, 0.6) is 0 Å². The van der Waals surface area contributed by atoms with Crippen LogP contribution >= 0.6 is 0 Å². The molecule has 0 amide bonds. The Hall–Kier alpha value is -1.51. The molecule has 1 aliphatic carbocycles. The van der Waals surface area contributed by atoms with Gasteiger partial charge in [-0.25, -0.2) is 0 Å². The van der Waals surface area contributed by atoms with E-state index in [0.29, 0.717) is 12.0 Å². The highest BCUT2D eigenvalue weighted by molar-refractivity contribution is 5.80. The van der Waals surface area contributed by atoms with E-state index in [1.165, 1.54) is 18.4 Å². The summed E-state index contributed by atoms with van der Waals surface area (Å²) in [6, 6.07) is 11.1. The Morgan fingerprint density at radius 2 is 2.06 bits per heavy atom. The van der Waals surface area contributed by atoms with Gasteiger partial charge in [0.15, 0.2) is 5.96 Å². The van der Waals surface area contributed by atoms with Gasteiger partial charge in [-0.3, -0.25) is 4.99 Å². The summed E-state index contributed by atoms with van der Waals surface area (Å²) in [4.78, 5) is 6.78. The first kappa shape index (κ1) is 11.6. The van der Waals surface area contributed by atoms with Crippen LogP contribution in [0.25, 0.3) is 0 Å². The molecule has 0 radical (unpaired) electrons. The van der Waals surface area contributed by atoms with Gasteiger partial charge < -0.3 is 10.6 Å². The molecular formula is C15H21N3. The molecule has 18 heavy (non-hydrogen) atoms. The zero-order valence-corrected chi connectivity index (χ0v) is 10.9. The van der Waals surface area contributed by atoms with E-state index in [1.807, 2.05) is 0 Å². The van der Waals surface area contributed by atoms with E-state index in [2.05, 4.69) is 47.1 Å². The van der Waals surface area contributed by atoms with Crippen LogP contribution in [0, 0.1) is 5.92 Å². The minimum absolute atomic E-state index is 0.438. The molecule has 0 saturated heterocycles. The summed E-state index contributed by atoms with van der Waals surface area (Å²) < 4.78 is 0. The third-order valence-corrected chi connectivity index (χ3v) is 4.19. The van der Waals surface area contributed by atoms with Gasteiger partial charge in [-0.1, -0.05) is 37.3 Å². The van der Waals surface area contributed by atoms with Gasteiger partial charge in [0.2, 0.25) is 0 Å². The molecule has 2 atom stereocenters. The van der Waals surface area contributed by atoms with Gasteiger partial charge in [-0.05, 0) is 24.3 Å². The van der Waals surface area contributed by atoms with E-state index >= 15 is 0 Å². The van der Waals surface area contributed by atoms with E-state index in [0.717, 1.165) is 25.0 Å². The lowest BCUT2D eigenvalue weighted by atomic mass is 9.92. The smallest absolute Gasteiger partial charge is 0.191 e. The van der Waals surface area contributed by atoms with E-state index in [9.17, 15) is 0 Å². The fraction of sp³-hybridized carbons (Fsp3) is 0.533. The summed E-state index contributed by atoms with van der Waals surface area (Å²) in [6.07, 6.45) is 2.71. The van der Waals surface area contributed by atoms with Gasteiger partial charge in [-0.2, -0.15) is 0 Å². The molecule has 3 heteroatoms. The minimum Gasteiger partial charge on any atom is -0.370 e. The van der Waals surface area contributed by atoms with Gasteiger partial charge >= 0.3 is 0 Å². The number of benzene rings is 1. The quantitative estimate of drug-likeness (QED) is 0.881. The first-order valence-electron chi connectivity index (χ1n) is 6.87. The SMILES string of the molecule is CC(c1ccccc1)C1CN=C(N)N1CC1CC1. The van der Waals surface area contributed by atoms with Gasteiger partial charge in [0.1, 0.15) is 0 Å². The Balaban J connectivity index is 1.74. The zero-order chi connectivity index (χ0) is 12.5. The Kier molecular flexibility index (Phi) is 2.98. The molecule has 1 aliphatic heterocycles. The maximum Gasteiger partial charge on any atom is 0.191 e. The highest BCUT2D eigenvalue weighted by Gasteiger charge is 2.35. The maximum atomic E-state index is 6.04. The van der Waals surface area contributed by atoms with Crippen molar-refractivity contribution >= 4 is 5.96 Å². The number of guanidine groups is 1. The number of hydrogen-bond donors (Lipinski definition) is 1. The molecule has 2 N–H and O–H groups in total. The average Bonchev–Trinajstić information content (AvgIpc) is 3.15. The van der Waals surface area contributed by atoms with Crippen LogP contribution < -0.4 is 5.73 Å². The van der Waals surface area contributed by atoms with Crippen LogP contribution in [-0.4, -0.2) is 30.0 Å². The zero-order valence-electron chi connectivity index (χ0n) is 10.9. The third-order valence-electron chi connectivity index (χ3n) is 4.19. The summed E-state index contributed by atoms with van der Waals surface area (Å²) >= 11 is 0. The Bertz CT molecular complexity index is 436. The Labute approximate surface area is 109 Å². The van der Waals surface area contributed by atoms with Crippen LogP contribution in [0.4, 0.5) is 0 Å². The number of nitrogens with two attached hydrogens (primary N) is 1. The van der Waals surface area contributed by atoms with Crippen LogP contribution in [0.2, 0.25) is 0 Å². The summed E-state index contributed by atoms with van der Waals surface area (Å²) in [6.45, 7) is 4.22. The largest absolute Gasteiger partial charge is 0.370 e. The van der Waals surface area contributed by atoms with E-state index in [4.69, 9.17) is 5.73 Å². The lowest BCUT2D eigenvalue weighted by molar-refractivity contribution is 0.295. The summed E-state index contributed by atoms with van der Waals surface area (Å²) in [5, 5.41) is 0. The molecule has 3 nitrogen and oxygen atoms in total. The summed E-state index contributed by atoms with van der Waals surface area (Å²) in [5.74, 6) is 2.08. The second-order valence-electron chi connectivity index (χ2n) is 5.56. The van der Waals surface area contributed by atoms with Crippen molar-refractivity contribution in [1.82, 2.24) is 4.90 Å². The summed E-state index contributed by atoms with van der Waals surface area (Å²) in [7, 11) is 0. The molecule has 0 bridgehead atoms. The molecule has 1 aromatic rings. The highest BCUT2D eigenvalue weighted by atomic mass is 15.3. The van der Waals surface area contributed by atoms with Crippen LogP contribution in [0.1, 0.15) is 31.2 Å². The molecule has 2 aliphatic rings. The van der Waals surface area contributed by atoms with Gasteiger partial charge in [-0.15, -0.1) is 0 Å². The lowest BCUT2D eigenvalue weighted by Gasteiger charge is -2.31. The fourth-order valence-corrected chi connectivity index (χ4v) is 2.76. The molecular weight excluding hydrogens is 222 g/mol. The first-order valence-corrected chi connectivity index (χ1v) is 6.87. The van der Waals surface area contributed by atoms with Crippen molar-refractivity contribution in [2.75, 3.05) is 13.1 Å². The lowest BCUT2D eigenvalue weighted by Crippen LogP contribution is -2.44. The molecule has 96 valence electrons. The second-order valence-corrected chi connectivity index (χ2v) is 5.56. The predicted octanol–water partition coefficient (Wildman–Crippen LogP) is 2.20. The molecule has 2 unspecified atom stereocenters. The highest BCUT2D eigenvalue weighted by Crippen LogP contribution is 2.33. The Morgan fingerprint density at radius 1 is 1.33 bits per heavy atom. The number of rotatable bonds is 4. The maximum absolute atomic E-state index is 6.04. The van der Waals surface area contributed by atoms with Gasteiger partial charge in [0, 0.05) is 12.5 Å². The van der Waals surface area contributed by atoms with E-state index in [-0.39, 0.29) is 0 Å². The monoisotopic (exact) mass is 243 g/mol. The van der Waals surface area contributed by atoms with Crippen molar-refractivity contribution in [3.8, 4) is 0 Å². The van der Waals surface area contributed by atoms with Gasteiger partial charge in [0.25, 0.3) is 0 Å². The normalized spacial score (nSPS) is 25.1. The van der Waals surface area contributed by atoms with Crippen molar-refractivity contribution in [2.45, 2.75) is 31.7 Å². The van der Waals surface area contributed by atoms with Gasteiger partial charge in [0.05, 0.1) is 12.6 Å². The fourth-order valence-electron chi connectivity index (χ4n) is 2.76. The predicted molar refractivity (Wildman–Crippen MR) is 74.6 cm³/mol. The van der Waals surface area contributed by atoms with Crippen LogP contribution in [0.15, 0.2) is 35.3 Å². The minimum atomic E-state index is 0.438. The van der Waals surface area contributed by atoms with E-state index < -0.39 is 0 Å². The standard InChI is InChI=1S/C15H21N3/c1-11(13-5-3-2-4-6-13)14-9-17-15(16)18(14)10-12-7-8-12/h2-6,11-12,14H,7-10H2,1H3,(H2,16,17). The topological polar surface area (TPSA) is 41.6 Å². The molecule has 1 fully saturated rings. The Morgan fingerprint density at radius 3 is 2.72 bits per heavy atom. The van der Waals surface area contributed by atoms with Crippen molar-refractivity contribution in [2.24, 2.45) is 16.6 Å². The molecule has 1 heterocycles. The molecule has 1 saturated carbocycles. The average molecular weight is 243 g/mol. The molecule has 1 aromatic carbocycles. The third kappa shape index (κ3) is 2.22. The van der Waals surface area contributed by atoms with Crippen molar-refractivity contribution in [3.05, 3.63) is 35.9 Å². The number of hydrogen-bond acceptors (Lipinski definition) is 3. The van der Waals surface area contributed by atoms with Crippen LogP contribution in [-0.2, 0) is 0 Å². The van der Waals surface area contributed by atoms with Crippen molar-refractivity contribution in [1.29, 1.82) is 0 Å². The number of aliphatic imine (C=N–C) groups is 1. The molecule has 3 rings (SSSR count). The molecule has 0 aromatic heterocycles. The van der Waals surface area contributed by atoms with Crippen molar-refractivity contribution in [3.63, 3.8) is 0 Å². The molecule has 0 spiro atoms. The van der Waals surface area contributed by atoms with Crippen LogP contribution in [0.3, 0.4) is 0 Å². The van der Waals surface area contributed by atoms with Crippen molar-refractivity contribution < 1.29 is 0 Å². The van der Waals surface area contributed by atoms with E-state index in [1.54, 1.807) is 0 Å². The second kappa shape index (κ2) is 4.63. The summed E-state index contributed by atoms with van der Waals surface area (Å²) in [5.41, 5.74) is 7.42. The number of nitrogens with zero attached hydrogens (tertiary/aromatic N) is 2.